The van der Waals surface area contributed by atoms with E-state index >= 15 is 0 Å². The van der Waals surface area contributed by atoms with E-state index in [1.807, 2.05) is 10.9 Å². The Bertz CT molecular complexity index is 263. The molecule has 2 heterocycles. The summed E-state index contributed by atoms with van der Waals surface area (Å²) in [4.78, 5) is 0. The lowest BCUT2D eigenvalue weighted by molar-refractivity contribution is 0.466. The van der Waals surface area contributed by atoms with Gasteiger partial charge in [0, 0.05) is 18.8 Å². The molecule has 1 aliphatic heterocycles. The van der Waals surface area contributed by atoms with Crippen molar-refractivity contribution in [2.45, 2.75) is 32.0 Å². The lowest BCUT2D eigenvalue weighted by atomic mass is 10.2. The van der Waals surface area contributed by atoms with Crippen LogP contribution in [-0.2, 0) is 13.1 Å². The Morgan fingerprint density at radius 1 is 1.69 bits per heavy atom. The van der Waals surface area contributed by atoms with Gasteiger partial charge in [0.05, 0.1) is 12.2 Å². The Morgan fingerprint density at radius 3 is 3.23 bits per heavy atom. The normalized spacial score (nSPS) is 22.4. The zero-order valence-electron chi connectivity index (χ0n) is 7.61. The lowest BCUT2D eigenvalue weighted by Crippen LogP contribution is -2.26. The van der Waals surface area contributed by atoms with Gasteiger partial charge >= 0.3 is 0 Å². The van der Waals surface area contributed by atoms with Gasteiger partial charge in [0.25, 0.3) is 0 Å². The second-order valence-electron chi connectivity index (χ2n) is 3.43. The highest BCUT2D eigenvalue weighted by Crippen LogP contribution is 2.06. The van der Waals surface area contributed by atoms with Crippen molar-refractivity contribution in [3.8, 4) is 0 Å². The minimum absolute atomic E-state index is 0.470. The quantitative estimate of drug-likeness (QED) is 0.659. The van der Waals surface area contributed by atoms with Gasteiger partial charge in [-0.3, -0.25) is 4.68 Å². The first-order chi connectivity index (χ1) is 6.38. The largest absolute Gasteiger partial charge is 0.325 e. The van der Waals surface area contributed by atoms with Gasteiger partial charge in [-0.05, 0) is 19.4 Å². The van der Waals surface area contributed by atoms with Gasteiger partial charge < -0.3 is 11.1 Å². The molecule has 0 radical (unpaired) electrons. The SMILES string of the molecule is NCc1cn(C[C@@H]2CCCN2)nn1. The van der Waals surface area contributed by atoms with E-state index in [9.17, 15) is 0 Å². The molecule has 3 N–H and O–H groups in total. The van der Waals surface area contributed by atoms with Crippen LogP contribution in [0.2, 0.25) is 0 Å². The molecule has 1 aromatic rings. The number of rotatable bonds is 3. The number of nitrogens with zero attached hydrogens (tertiary/aromatic N) is 3. The van der Waals surface area contributed by atoms with Crippen LogP contribution in [0.25, 0.3) is 0 Å². The van der Waals surface area contributed by atoms with Gasteiger partial charge in [-0.25, -0.2) is 0 Å². The molecule has 1 saturated heterocycles. The monoisotopic (exact) mass is 181 g/mol. The molecule has 1 fully saturated rings. The second-order valence-corrected chi connectivity index (χ2v) is 3.43. The molecule has 0 amide bonds. The predicted molar refractivity (Wildman–Crippen MR) is 48.9 cm³/mol. The first-order valence-corrected chi connectivity index (χ1v) is 4.71. The minimum atomic E-state index is 0.470. The van der Waals surface area contributed by atoms with E-state index in [0.29, 0.717) is 12.6 Å². The van der Waals surface area contributed by atoms with Crippen molar-refractivity contribution in [3.05, 3.63) is 11.9 Å². The molecule has 0 aromatic carbocycles. The summed E-state index contributed by atoms with van der Waals surface area (Å²) in [5.74, 6) is 0. The molecule has 0 unspecified atom stereocenters. The third-order valence-corrected chi connectivity index (χ3v) is 2.37. The van der Waals surface area contributed by atoms with Gasteiger partial charge in [0.1, 0.15) is 0 Å². The molecule has 2 rings (SSSR count). The van der Waals surface area contributed by atoms with Crippen molar-refractivity contribution in [1.82, 2.24) is 20.3 Å². The molecular formula is C8H15N5. The van der Waals surface area contributed by atoms with Crippen LogP contribution in [0, 0.1) is 0 Å². The van der Waals surface area contributed by atoms with Crippen LogP contribution in [0.3, 0.4) is 0 Å². The summed E-state index contributed by atoms with van der Waals surface area (Å²) in [5, 5.41) is 11.3. The van der Waals surface area contributed by atoms with Crippen LogP contribution in [0.4, 0.5) is 0 Å². The summed E-state index contributed by atoms with van der Waals surface area (Å²) in [6.45, 7) is 2.51. The summed E-state index contributed by atoms with van der Waals surface area (Å²) in [7, 11) is 0. The average Bonchev–Trinajstić information content (AvgIpc) is 2.76. The standard InChI is InChI=1S/C8H15N5/c9-4-8-6-13(12-11-8)5-7-2-1-3-10-7/h6-7,10H,1-5,9H2/t7-/m0/s1. The molecule has 5 nitrogen and oxygen atoms in total. The van der Waals surface area contributed by atoms with Gasteiger partial charge in [-0.2, -0.15) is 0 Å². The third-order valence-electron chi connectivity index (χ3n) is 2.37. The molecule has 0 bridgehead atoms. The number of nitrogens with one attached hydrogen (secondary N) is 1. The lowest BCUT2D eigenvalue weighted by Gasteiger charge is -2.08. The second kappa shape index (κ2) is 3.85. The number of aromatic nitrogens is 3. The molecule has 13 heavy (non-hydrogen) atoms. The molecular weight excluding hydrogens is 166 g/mol. The van der Waals surface area contributed by atoms with Crippen LogP contribution in [0.15, 0.2) is 6.20 Å². The van der Waals surface area contributed by atoms with Gasteiger partial charge in [0.15, 0.2) is 0 Å². The smallest absolute Gasteiger partial charge is 0.0962 e. The van der Waals surface area contributed by atoms with Crippen molar-refractivity contribution in [3.63, 3.8) is 0 Å². The van der Waals surface area contributed by atoms with Crippen LogP contribution in [0.1, 0.15) is 18.5 Å². The maximum Gasteiger partial charge on any atom is 0.0962 e. The molecule has 5 heteroatoms. The Labute approximate surface area is 77.3 Å². The van der Waals surface area contributed by atoms with Gasteiger partial charge in [-0.1, -0.05) is 5.21 Å². The van der Waals surface area contributed by atoms with Gasteiger partial charge in [0.2, 0.25) is 0 Å². The van der Waals surface area contributed by atoms with E-state index in [0.717, 1.165) is 18.8 Å². The highest BCUT2D eigenvalue weighted by Gasteiger charge is 2.14. The summed E-state index contributed by atoms with van der Waals surface area (Å²) in [6.07, 6.45) is 4.42. The van der Waals surface area contributed by atoms with E-state index in [1.54, 1.807) is 0 Å². The first kappa shape index (κ1) is 8.65. The first-order valence-electron chi connectivity index (χ1n) is 4.71. The highest BCUT2D eigenvalue weighted by atomic mass is 15.4. The van der Waals surface area contributed by atoms with Crippen molar-refractivity contribution >= 4 is 0 Å². The topological polar surface area (TPSA) is 68.8 Å². The zero-order valence-corrected chi connectivity index (χ0v) is 7.61. The molecule has 1 atom stereocenters. The fraction of sp³-hybridized carbons (Fsp3) is 0.750. The molecule has 72 valence electrons. The third kappa shape index (κ3) is 2.05. The van der Waals surface area contributed by atoms with E-state index in [4.69, 9.17) is 5.73 Å². The highest BCUT2D eigenvalue weighted by molar-refractivity contribution is 4.91. The molecule has 1 aliphatic rings. The van der Waals surface area contributed by atoms with Crippen molar-refractivity contribution in [1.29, 1.82) is 0 Å². The van der Waals surface area contributed by atoms with Crippen molar-refractivity contribution in [2.75, 3.05) is 6.54 Å². The Morgan fingerprint density at radius 2 is 2.62 bits per heavy atom. The van der Waals surface area contributed by atoms with E-state index < -0.39 is 0 Å². The number of hydrogen-bond acceptors (Lipinski definition) is 4. The van der Waals surface area contributed by atoms with Crippen LogP contribution in [0.5, 0.6) is 0 Å². The van der Waals surface area contributed by atoms with E-state index in [2.05, 4.69) is 15.6 Å². The Hall–Kier alpha value is -0.940. The fourth-order valence-electron chi connectivity index (χ4n) is 1.66. The average molecular weight is 181 g/mol. The molecule has 1 aromatic heterocycles. The Balaban J connectivity index is 1.92. The van der Waals surface area contributed by atoms with Crippen molar-refractivity contribution < 1.29 is 0 Å². The zero-order chi connectivity index (χ0) is 9.10. The predicted octanol–water partition coefficient (Wildman–Crippen LogP) is -0.511. The van der Waals surface area contributed by atoms with E-state index in [1.165, 1.54) is 12.8 Å². The van der Waals surface area contributed by atoms with Crippen LogP contribution >= 0.6 is 0 Å². The molecule has 0 spiro atoms. The fourth-order valence-corrected chi connectivity index (χ4v) is 1.66. The summed E-state index contributed by atoms with van der Waals surface area (Å²) < 4.78 is 1.87. The number of nitrogens with two attached hydrogens (primary N) is 1. The van der Waals surface area contributed by atoms with Crippen LogP contribution < -0.4 is 11.1 Å². The summed E-state index contributed by atoms with van der Waals surface area (Å²) >= 11 is 0. The summed E-state index contributed by atoms with van der Waals surface area (Å²) in [6, 6.07) is 0.562. The van der Waals surface area contributed by atoms with Crippen LogP contribution in [-0.4, -0.2) is 27.6 Å². The van der Waals surface area contributed by atoms with Gasteiger partial charge in [-0.15, -0.1) is 5.10 Å². The number of hydrogen-bond donors (Lipinski definition) is 2. The van der Waals surface area contributed by atoms with E-state index in [-0.39, 0.29) is 0 Å². The minimum Gasteiger partial charge on any atom is -0.325 e. The molecule has 0 aliphatic carbocycles. The van der Waals surface area contributed by atoms with Crippen molar-refractivity contribution in [2.24, 2.45) is 5.73 Å². The Kier molecular flexibility index (Phi) is 2.56. The molecule has 0 saturated carbocycles. The maximum atomic E-state index is 5.44. The maximum absolute atomic E-state index is 5.44. The summed E-state index contributed by atoms with van der Waals surface area (Å²) in [5.41, 5.74) is 6.30.